The van der Waals surface area contributed by atoms with Gasteiger partial charge in [-0.3, -0.25) is 4.90 Å². The highest BCUT2D eigenvalue weighted by Crippen LogP contribution is 2.30. The normalized spacial score (nSPS) is 29.6. The summed E-state index contributed by atoms with van der Waals surface area (Å²) in [6.07, 6.45) is 1.17. The molecule has 1 aromatic carbocycles. The van der Waals surface area contributed by atoms with Gasteiger partial charge >= 0.3 is 0 Å². The summed E-state index contributed by atoms with van der Waals surface area (Å²) >= 11 is 2.00. The zero-order chi connectivity index (χ0) is 11.0. The summed E-state index contributed by atoms with van der Waals surface area (Å²) in [6.45, 7) is 3.22. The molecule has 3 rings (SSSR count). The van der Waals surface area contributed by atoms with E-state index < -0.39 is 0 Å². The van der Waals surface area contributed by atoms with Crippen LogP contribution in [-0.2, 0) is 13.1 Å². The predicted molar refractivity (Wildman–Crippen MR) is 69.4 cm³/mol. The van der Waals surface area contributed by atoms with Crippen LogP contribution in [0.15, 0.2) is 24.3 Å². The largest absolute Gasteiger partial charge is 0.323 e. The molecule has 2 N–H and O–H groups in total. The quantitative estimate of drug-likeness (QED) is 0.846. The van der Waals surface area contributed by atoms with Crippen LogP contribution in [0.3, 0.4) is 0 Å². The molecule has 3 heteroatoms. The smallest absolute Gasteiger partial charge is 0.0383 e. The number of nitrogens with two attached hydrogens (primary N) is 1. The van der Waals surface area contributed by atoms with Crippen LogP contribution in [0, 0.1) is 0 Å². The van der Waals surface area contributed by atoms with Crippen molar-refractivity contribution in [3.8, 4) is 0 Å². The van der Waals surface area contributed by atoms with Crippen molar-refractivity contribution >= 4 is 11.8 Å². The van der Waals surface area contributed by atoms with Crippen LogP contribution in [0.4, 0.5) is 0 Å². The molecule has 86 valence electrons. The van der Waals surface area contributed by atoms with Crippen LogP contribution < -0.4 is 5.73 Å². The van der Waals surface area contributed by atoms with E-state index in [0.717, 1.165) is 25.4 Å². The highest BCUT2D eigenvalue weighted by Gasteiger charge is 2.33. The van der Waals surface area contributed by atoms with E-state index in [4.69, 9.17) is 5.73 Å². The van der Waals surface area contributed by atoms with Gasteiger partial charge in [-0.15, -0.1) is 0 Å². The van der Waals surface area contributed by atoms with Gasteiger partial charge in [0.25, 0.3) is 0 Å². The monoisotopic (exact) mass is 234 g/mol. The molecule has 1 atom stereocenters. The third-order valence-electron chi connectivity index (χ3n) is 3.58. The van der Waals surface area contributed by atoms with E-state index in [1.807, 2.05) is 11.8 Å². The Bertz CT molecular complexity index is 360. The Balaban J connectivity index is 1.68. The maximum atomic E-state index is 6.41. The minimum absolute atomic E-state index is 0.0622. The van der Waals surface area contributed by atoms with Gasteiger partial charge in [0.05, 0.1) is 0 Å². The highest BCUT2D eigenvalue weighted by atomic mass is 32.2. The molecule has 2 aliphatic heterocycles. The Morgan fingerprint density at radius 1 is 1.25 bits per heavy atom. The molecule has 1 aromatic rings. The van der Waals surface area contributed by atoms with Crippen LogP contribution in [0.5, 0.6) is 0 Å². The number of nitrogens with zero attached hydrogens (tertiary/aromatic N) is 1. The second-order valence-electron chi connectivity index (χ2n) is 5.08. The first kappa shape index (κ1) is 10.6. The van der Waals surface area contributed by atoms with Crippen molar-refractivity contribution in [2.24, 2.45) is 5.73 Å². The molecule has 0 amide bonds. The lowest BCUT2D eigenvalue weighted by molar-refractivity contribution is 0.223. The summed E-state index contributed by atoms with van der Waals surface area (Å²) in [4.78, 5) is 2.50. The Morgan fingerprint density at radius 2 is 1.94 bits per heavy atom. The maximum absolute atomic E-state index is 6.41. The second kappa shape index (κ2) is 4.06. The van der Waals surface area contributed by atoms with Crippen LogP contribution in [0.25, 0.3) is 0 Å². The van der Waals surface area contributed by atoms with E-state index in [1.165, 1.54) is 23.3 Å². The van der Waals surface area contributed by atoms with Gasteiger partial charge in [-0.05, 0) is 23.3 Å². The van der Waals surface area contributed by atoms with E-state index in [2.05, 4.69) is 29.2 Å². The lowest BCUT2D eigenvalue weighted by Crippen LogP contribution is -2.49. The summed E-state index contributed by atoms with van der Waals surface area (Å²) in [6, 6.07) is 8.74. The van der Waals surface area contributed by atoms with E-state index in [1.54, 1.807) is 0 Å². The van der Waals surface area contributed by atoms with E-state index in [9.17, 15) is 0 Å². The van der Waals surface area contributed by atoms with Crippen LogP contribution in [0.1, 0.15) is 17.5 Å². The van der Waals surface area contributed by atoms with Crippen LogP contribution >= 0.6 is 11.8 Å². The number of hydrogen-bond acceptors (Lipinski definition) is 3. The topological polar surface area (TPSA) is 29.3 Å². The van der Waals surface area contributed by atoms with E-state index >= 15 is 0 Å². The molecule has 0 radical (unpaired) electrons. The number of rotatable bonds is 2. The summed E-state index contributed by atoms with van der Waals surface area (Å²) < 4.78 is 0. The second-order valence-corrected chi connectivity index (χ2v) is 6.18. The molecular weight excluding hydrogens is 216 g/mol. The molecule has 0 aliphatic carbocycles. The fraction of sp³-hybridized carbons (Fsp3) is 0.538. The van der Waals surface area contributed by atoms with Crippen molar-refractivity contribution < 1.29 is 0 Å². The van der Waals surface area contributed by atoms with Crippen molar-refractivity contribution in [3.05, 3.63) is 35.4 Å². The van der Waals surface area contributed by atoms with Crippen molar-refractivity contribution in [1.29, 1.82) is 0 Å². The van der Waals surface area contributed by atoms with Crippen molar-refractivity contribution in [3.63, 3.8) is 0 Å². The molecule has 2 heterocycles. The minimum atomic E-state index is 0.0622. The zero-order valence-corrected chi connectivity index (χ0v) is 10.3. The van der Waals surface area contributed by atoms with Crippen molar-refractivity contribution in [2.45, 2.75) is 25.0 Å². The first-order valence-corrected chi connectivity index (χ1v) is 7.06. The van der Waals surface area contributed by atoms with Gasteiger partial charge in [-0.25, -0.2) is 0 Å². The van der Waals surface area contributed by atoms with E-state index in [0.29, 0.717) is 0 Å². The fourth-order valence-corrected chi connectivity index (χ4v) is 4.05. The molecule has 1 fully saturated rings. The Hall–Kier alpha value is -0.510. The first-order chi connectivity index (χ1) is 7.75. The molecule has 2 nitrogen and oxygen atoms in total. The fourth-order valence-electron chi connectivity index (χ4n) is 2.71. The molecule has 0 spiro atoms. The SMILES string of the molecule is NC1(CN2Cc3ccccc3C2)CCSC1. The zero-order valence-electron chi connectivity index (χ0n) is 9.48. The van der Waals surface area contributed by atoms with Crippen LogP contribution in [0.2, 0.25) is 0 Å². The number of benzene rings is 1. The summed E-state index contributed by atoms with van der Waals surface area (Å²) in [5.41, 5.74) is 9.44. The molecule has 0 bridgehead atoms. The molecule has 2 aliphatic rings. The summed E-state index contributed by atoms with van der Waals surface area (Å²) in [7, 11) is 0. The Kier molecular flexibility index (Phi) is 2.70. The molecular formula is C13H18N2S. The van der Waals surface area contributed by atoms with Crippen molar-refractivity contribution in [1.82, 2.24) is 4.90 Å². The van der Waals surface area contributed by atoms with Gasteiger partial charge in [-0.2, -0.15) is 11.8 Å². The van der Waals surface area contributed by atoms with Gasteiger partial charge in [0.1, 0.15) is 0 Å². The molecule has 0 aromatic heterocycles. The maximum Gasteiger partial charge on any atom is 0.0383 e. The first-order valence-electron chi connectivity index (χ1n) is 5.91. The third-order valence-corrected chi connectivity index (χ3v) is 4.85. The predicted octanol–water partition coefficient (Wildman–Crippen LogP) is 1.84. The number of thioether (sulfide) groups is 1. The summed E-state index contributed by atoms with van der Waals surface area (Å²) in [5, 5.41) is 0. The molecule has 1 saturated heterocycles. The average Bonchev–Trinajstić information content (AvgIpc) is 2.84. The van der Waals surface area contributed by atoms with Gasteiger partial charge in [0.15, 0.2) is 0 Å². The van der Waals surface area contributed by atoms with Gasteiger partial charge in [0, 0.05) is 30.9 Å². The third kappa shape index (κ3) is 1.99. The molecule has 0 saturated carbocycles. The van der Waals surface area contributed by atoms with Gasteiger partial charge < -0.3 is 5.73 Å². The average molecular weight is 234 g/mol. The van der Waals surface area contributed by atoms with E-state index in [-0.39, 0.29) is 5.54 Å². The lowest BCUT2D eigenvalue weighted by Gasteiger charge is -2.28. The molecule has 1 unspecified atom stereocenters. The Labute approximate surface area is 101 Å². The standard InChI is InChI=1S/C13H18N2S/c14-13(5-6-16-10-13)9-15-7-11-3-1-2-4-12(11)8-15/h1-4H,5-10,14H2. The number of hydrogen-bond donors (Lipinski definition) is 1. The van der Waals surface area contributed by atoms with Gasteiger partial charge in [0.2, 0.25) is 0 Å². The van der Waals surface area contributed by atoms with Gasteiger partial charge in [-0.1, -0.05) is 24.3 Å². The Morgan fingerprint density at radius 3 is 2.50 bits per heavy atom. The highest BCUT2D eigenvalue weighted by molar-refractivity contribution is 7.99. The van der Waals surface area contributed by atoms with Crippen molar-refractivity contribution in [2.75, 3.05) is 18.1 Å². The minimum Gasteiger partial charge on any atom is -0.323 e. The lowest BCUT2D eigenvalue weighted by atomic mass is 10.00. The summed E-state index contributed by atoms with van der Waals surface area (Å²) in [5.74, 6) is 2.36. The molecule has 16 heavy (non-hydrogen) atoms. The number of fused-ring (bicyclic) bond motifs is 1. The van der Waals surface area contributed by atoms with Crippen LogP contribution in [-0.4, -0.2) is 28.5 Å².